The van der Waals surface area contributed by atoms with Gasteiger partial charge < -0.3 is 4.57 Å². The number of likely N-dealkylation sites (tertiary alicyclic amines) is 1. The van der Waals surface area contributed by atoms with Crippen LogP contribution in [0.5, 0.6) is 0 Å². The fourth-order valence-electron chi connectivity index (χ4n) is 2.98. The highest BCUT2D eigenvalue weighted by atomic mass is 15.3. The third kappa shape index (κ3) is 2.60. The number of nitrogens with zero attached hydrogens (tertiary/aromatic N) is 5. The molecule has 0 spiro atoms. The number of nitrogens with one attached hydrogen (secondary N) is 1. The molecule has 6 heteroatoms. The number of aromatic amines is 1. The van der Waals surface area contributed by atoms with Crippen molar-refractivity contribution in [2.75, 3.05) is 6.54 Å². The summed E-state index contributed by atoms with van der Waals surface area (Å²) >= 11 is 0. The van der Waals surface area contributed by atoms with Gasteiger partial charge in [0.15, 0.2) is 0 Å². The zero-order valence-corrected chi connectivity index (χ0v) is 12.2. The van der Waals surface area contributed by atoms with E-state index < -0.39 is 0 Å². The lowest BCUT2D eigenvalue weighted by Crippen LogP contribution is -2.34. The highest BCUT2D eigenvalue weighted by Crippen LogP contribution is 2.29. The van der Waals surface area contributed by atoms with E-state index in [1.54, 1.807) is 6.33 Å². The van der Waals surface area contributed by atoms with Gasteiger partial charge in [0.2, 0.25) is 0 Å². The van der Waals surface area contributed by atoms with Crippen LogP contribution in [0.15, 0.2) is 18.7 Å². The van der Waals surface area contributed by atoms with Crippen LogP contribution in [0.4, 0.5) is 0 Å². The van der Waals surface area contributed by atoms with E-state index in [2.05, 4.69) is 49.7 Å². The van der Waals surface area contributed by atoms with Gasteiger partial charge in [0, 0.05) is 18.4 Å². The van der Waals surface area contributed by atoms with Crippen LogP contribution in [0.3, 0.4) is 0 Å². The summed E-state index contributed by atoms with van der Waals surface area (Å²) in [6.07, 6.45) is 9.18. The predicted octanol–water partition coefficient (Wildman–Crippen LogP) is 2.31. The molecule has 3 rings (SSSR count). The quantitative estimate of drug-likeness (QED) is 0.929. The fourth-order valence-corrected chi connectivity index (χ4v) is 2.98. The lowest BCUT2D eigenvalue weighted by molar-refractivity contribution is 0.128. The van der Waals surface area contributed by atoms with Gasteiger partial charge >= 0.3 is 0 Å². The number of rotatable bonds is 4. The molecule has 0 amide bonds. The Morgan fingerprint density at radius 1 is 1.35 bits per heavy atom. The van der Waals surface area contributed by atoms with Crippen LogP contribution in [0.1, 0.15) is 56.8 Å². The third-order valence-electron chi connectivity index (χ3n) is 4.01. The molecule has 2 aromatic heterocycles. The second-order valence-corrected chi connectivity index (χ2v) is 5.70. The minimum absolute atomic E-state index is 0.337. The van der Waals surface area contributed by atoms with E-state index in [1.165, 1.54) is 12.8 Å². The van der Waals surface area contributed by atoms with Gasteiger partial charge in [-0.25, -0.2) is 9.97 Å². The molecule has 1 atom stereocenters. The second kappa shape index (κ2) is 5.75. The standard InChI is InChI=1S/C14H22N6/c1-11(2)20-8-6-15-13(20)9-19-7-4-3-5-12(19)14-16-10-17-18-14/h6,8,10-12H,3-5,7,9H2,1-2H3,(H,16,17,18). The zero-order valence-electron chi connectivity index (χ0n) is 12.2. The Hall–Kier alpha value is -1.69. The van der Waals surface area contributed by atoms with E-state index >= 15 is 0 Å². The normalized spacial score (nSPS) is 20.6. The molecule has 1 fully saturated rings. The Balaban J connectivity index is 1.79. The molecule has 1 aliphatic rings. The van der Waals surface area contributed by atoms with Gasteiger partial charge in [-0.05, 0) is 33.2 Å². The third-order valence-corrected chi connectivity index (χ3v) is 4.01. The number of hydrogen-bond acceptors (Lipinski definition) is 4. The van der Waals surface area contributed by atoms with Crippen LogP contribution >= 0.6 is 0 Å². The number of H-pyrrole nitrogens is 1. The lowest BCUT2D eigenvalue weighted by atomic mass is 10.0. The summed E-state index contributed by atoms with van der Waals surface area (Å²) in [4.78, 5) is 11.3. The van der Waals surface area contributed by atoms with Gasteiger partial charge in [0.05, 0.1) is 12.6 Å². The fraction of sp³-hybridized carbons (Fsp3) is 0.643. The van der Waals surface area contributed by atoms with Crippen molar-refractivity contribution < 1.29 is 0 Å². The first kappa shape index (κ1) is 13.3. The van der Waals surface area contributed by atoms with Crippen molar-refractivity contribution in [1.29, 1.82) is 0 Å². The van der Waals surface area contributed by atoms with Crippen molar-refractivity contribution in [2.45, 2.75) is 51.7 Å². The van der Waals surface area contributed by atoms with E-state index in [1.807, 2.05) is 6.20 Å². The van der Waals surface area contributed by atoms with E-state index in [0.717, 1.165) is 31.2 Å². The molecule has 1 N–H and O–H groups in total. The smallest absolute Gasteiger partial charge is 0.141 e. The predicted molar refractivity (Wildman–Crippen MR) is 76.0 cm³/mol. The molecule has 0 aliphatic carbocycles. The maximum atomic E-state index is 4.52. The summed E-state index contributed by atoms with van der Waals surface area (Å²) in [5.41, 5.74) is 0. The minimum Gasteiger partial charge on any atom is -0.331 e. The zero-order chi connectivity index (χ0) is 13.9. The van der Waals surface area contributed by atoms with E-state index in [4.69, 9.17) is 0 Å². The Morgan fingerprint density at radius 3 is 3.00 bits per heavy atom. The maximum Gasteiger partial charge on any atom is 0.141 e. The van der Waals surface area contributed by atoms with Crippen molar-refractivity contribution >= 4 is 0 Å². The number of aromatic nitrogens is 5. The Morgan fingerprint density at radius 2 is 2.25 bits per heavy atom. The van der Waals surface area contributed by atoms with Gasteiger partial charge in [0.1, 0.15) is 18.0 Å². The van der Waals surface area contributed by atoms with Crippen molar-refractivity contribution in [2.24, 2.45) is 0 Å². The molecule has 0 saturated carbocycles. The average molecular weight is 274 g/mol. The SMILES string of the molecule is CC(C)n1ccnc1CN1CCCCC1c1ncn[nH]1. The first-order valence-electron chi connectivity index (χ1n) is 7.36. The molecule has 0 bridgehead atoms. The molecule has 108 valence electrons. The van der Waals surface area contributed by atoms with Gasteiger partial charge in [-0.3, -0.25) is 10.00 Å². The Labute approximate surface area is 119 Å². The molecule has 1 aliphatic heterocycles. The number of hydrogen-bond donors (Lipinski definition) is 1. The lowest BCUT2D eigenvalue weighted by Gasteiger charge is -2.34. The van der Waals surface area contributed by atoms with Crippen molar-refractivity contribution in [3.05, 3.63) is 30.4 Å². The maximum absolute atomic E-state index is 4.52. The highest BCUT2D eigenvalue weighted by Gasteiger charge is 2.27. The molecular weight excluding hydrogens is 252 g/mol. The average Bonchev–Trinajstić information content (AvgIpc) is 3.09. The second-order valence-electron chi connectivity index (χ2n) is 5.70. The summed E-state index contributed by atoms with van der Waals surface area (Å²) in [6, 6.07) is 0.782. The topological polar surface area (TPSA) is 62.6 Å². The highest BCUT2D eigenvalue weighted by molar-refractivity contribution is 4.99. The molecular formula is C14H22N6. The van der Waals surface area contributed by atoms with E-state index in [9.17, 15) is 0 Å². The number of piperidine rings is 1. The Bertz CT molecular complexity index is 530. The van der Waals surface area contributed by atoms with Crippen LogP contribution in [0.2, 0.25) is 0 Å². The summed E-state index contributed by atoms with van der Waals surface area (Å²) in [7, 11) is 0. The van der Waals surface area contributed by atoms with Crippen molar-refractivity contribution in [3.63, 3.8) is 0 Å². The van der Waals surface area contributed by atoms with Crippen LogP contribution < -0.4 is 0 Å². The van der Waals surface area contributed by atoms with Crippen LogP contribution in [0.25, 0.3) is 0 Å². The monoisotopic (exact) mass is 274 g/mol. The summed E-state index contributed by atoms with van der Waals surface area (Å²) in [5.74, 6) is 2.11. The van der Waals surface area contributed by atoms with Crippen molar-refractivity contribution in [1.82, 2.24) is 29.6 Å². The van der Waals surface area contributed by atoms with Gasteiger partial charge in [-0.2, -0.15) is 5.10 Å². The largest absolute Gasteiger partial charge is 0.331 e. The molecule has 0 radical (unpaired) electrons. The van der Waals surface area contributed by atoms with Crippen LogP contribution in [0, 0.1) is 0 Å². The van der Waals surface area contributed by atoms with Crippen LogP contribution in [-0.4, -0.2) is 36.2 Å². The Kier molecular flexibility index (Phi) is 3.82. The van der Waals surface area contributed by atoms with Crippen LogP contribution in [-0.2, 0) is 6.54 Å². The van der Waals surface area contributed by atoms with Gasteiger partial charge in [0.25, 0.3) is 0 Å². The molecule has 20 heavy (non-hydrogen) atoms. The van der Waals surface area contributed by atoms with E-state index in [-0.39, 0.29) is 0 Å². The summed E-state index contributed by atoms with van der Waals surface area (Å²) in [5, 5.41) is 7.01. The van der Waals surface area contributed by atoms with Gasteiger partial charge in [-0.15, -0.1) is 0 Å². The summed E-state index contributed by atoms with van der Waals surface area (Å²) in [6.45, 7) is 6.34. The van der Waals surface area contributed by atoms with Crippen molar-refractivity contribution in [3.8, 4) is 0 Å². The minimum atomic E-state index is 0.337. The molecule has 3 heterocycles. The molecule has 0 aromatic carbocycles. The molecule has 1 saturated heterocycles. The first-order chi connectivity index (χ1) is 9.75. The van der Waals surface area contributed by atoms with Gasteiger partial charge in [-0.1, -0.05) is 6.42 Å². The summed E-state index contributed by atoms with van der Waals surface area (Å²) < 4.78 is 2.24. The molecule has 6 nitrogen and oxygen atoms in total. The number of imidazole rings is 1. The van der Waals surface area contributed by atoms with E-state index in [0.29, 0.717) is 12.1 Å². The first-order valence-corrected chi connectivity index (χ1v) is 7.36. The molecule has 1 unspecified atom stereocenters. The molecule has 2 aromatic rings.